The zero-order valence-corrected chi connectivity index (χ0v) is 11.0. The van der Waals surface area contributed by atoms with Gasteiger partial charge in [0.05, 0.1) is 15.6 Å². The van der Waals surface area contributed by atoms with Crippen LogP contribution in [0.5, 0.6) is 0 Å². The summed E-state index contributed by atoms with van der Waals surface area (Å²) >= 11 is 0. The van der Waals surface area contributed by atoms with Crippen LogP contribution in [0.4, 0.5) is 0 Å². The predicted molar refractivity (Wildman–Crippen MR) is 69.9 cm³/mol. The maximum absolute atomic E-state index is 12.0. The summed E-state index contributed by atoms with van der Waals surface area (Å²) in [5.41, 5.74) is -1.48. The fraction of sp³-hybridized carbons (Fsp3) is 0.571. The summed E-state index contributed by atoms with van der Waals surface area (Å²) in [6.45, 7) is 4.57. The van der Waals surface area contributed by atoms with Crippen LogP contribution in [0.3, 0.4) is 0 Å². The topological polar surface area (TPSA) is 52.6 Å². The van der Waals surface area contributed by atoms with Crippen molar-refractivity contribution in [2.24, 2.45) is 5.41 Å². The number of rotatable bonds is 9. The third kappa shape index (κ3) is 4.02. The largest absolute Gasteiger partial charge is 0.468 e. The van der Waals surface area contributed by atoms with Gasteiger partial charge in [0.1, 0.15) is 0 Å². The Morgan fingerprint density at radius 2 is 1.94 bits per heavy atom. The van der Waals surface area contributed by atoms with Gasteiger partial charge in [-0.25, -0.2) is 0 Å². The van der Waals surface area contributed by atoms with E-state index in [1.54, 1.807) is 6.08 Å². The second kappa shape index (κ2) is 8.50. The Bertz CT molecular complexity index is 350. The SMILES string of the molecule is [2H]C=CCC(CC[C@@H]([2H])CC=C)(C(=O)OC)C(=O)OC. The first kappa shape index (κ1) is 12.9. The van der Waals surface area contributed by atoms with E-state index in [9.17, 15) is 9.59 Å². The number of hydrogen-bond donors (Lipinski definition) is 0. The highest BCUT2D eigenvalue weighted by molar-refractivity contribution is 6.00. The molecule has 0 rings (SSSR count). The molecule has 0 saturated carbocycles. The molecule has 0 aromatic carbocycles. The summed E-state index contributed by atoms with van der Waals surface area (Å²) < 4.78 is 24.2. The lowest BCUT2D eigenvalue weighted by molar-refractivity contribution is -0.169. The molecule has 0 fully saturated rings. The zero-order valence-electron chi connectivity index (χ0n) is 13.0. The van der Waals surface area contributed by atoms with Crippen molar-refractivity contribution in [3.8, 4) is 0 Å². The van der Waals surface area contributed by atoms with E-state index in [-0.39, 0.29) is 12.8 Å². The van der Waals surface area contributed by atoms with E-state index in [2.05, 4.69) is 6.58 Å². The molecule has 0 aliphatic heterocycles. The molecule has 18 heavy (non-hydrogen) atoms. The molecule has 4 heteroatoms. The Balaban J connectivity index is 5.21. The number of carbonyl (C=O) groups is 2. The van der Waals surface area contributed by atoms with Gasteiger partial charge < -0.3 is 9.47 Å². The van der Waals surface area contributed by atoms with Crippen LogP contribution in [-0.2, 0) is 19.1 Å². The third-order valence-electron chi connectivity index (χ3n) is 2.73. The van der Waals surface area contributed by atoms with Gasteiger partial charge in [-0.2, -0.15) is 0 Å². The lowest BCUT2D eigenvalue weighted by Gasteiger charge is -2.26. The molecule has 102 valence electrons. The highest BCUT2D eigenvalue weighted by Crippen LogP contribution is 2.33. The number of carbonyl (C=O) groups excluding carboxylic acids is 2. The summed E-state index contributed by atoms with van der Waals surface area (Å²) in [7, 11) is 2.40. The molecule has 0 spiro atoms. The third-order valence-corrected chi connectivity index (χ3v) is 2.73. The summed E-state index contributed by atoms with van der Waals surface area (Å²) in [5, 5.41) is 0. The van der Waals surface area contributed by atoms with Gasteiger partial charge in [-0.15, -0.1) is 13.1 Å². The molecule has 0 heterocycles. The van der Waals surface area contributed by atoms with Crippen molar-refractivity contribution in [3.05, 3.63) is 25.3 Å². The minimum absolute atomic E-state index is 0.0245. The number of allylic oxidation sites excluding steroid dienone is 2. The van der Waals surface area contributed by atoms with Crippen LogP contribution < -0.4 is 0 Å². The lowest BCUT2D eigenvalue weighted by Crippen LogP contribution is -2.41. The van der Waals surface area contributed by atoms with E-state index in [1.165, 1.54) is 20.3 Å². The van der Waals surface area contributed by atoms with Gasteiger partial charge in [0.2, 0.25) is 0 Å². The standard InChI is InChI=1S/C14H22O4/c1-5-7-8-9-11-14(10-6-2,12(15)17-3)13(16)18-4/h5-6H,1-2,7-11H2,3-4H3/i2D,8D/t8-/m0/s1. The molecule has 0 saturated heterocycles. The summed E-state index contributed by atoms with van der Waals surface area (Å²) in [6, 6.07) is 0. The maximum atomic E-state index is 12.0. The zero-order chi connectivity index (χ0) is 15.6. The molecule has 0 radical (unpaired) electrons. The van der Waals surface area contributed by atoms with Crippen LogP contribution in [0, 0.1) is 5.41 Å². The van der Waals surface area contributed by atoms with Crippen LogP contribution in [0.15, 0.2) is 25.3 Å². The second-order valence-corrected chi connectivity index (χ2v) is 3.86. The van der Waals surface area contributed by atoms with Gasteiger partial charge in [-0.1, -0.05) is 18.6 Å². The van der Waals surface area contributed by atoms with Crippen molar-refractivity contribution in [2.45, 2.75) is 32.1 Å². The Hall–Kier alpha value is -1.58. The van der Waals surface area contributed by atoms with Crippen molar-refractivity contribution < 1.29 is 21.8 Å². The van der Waals surface area contributed by atoms with E-state index in [4.69, 9.17) is 12.2 Å². The van der Waals surface area contributed by atoms with Crippen LogP contribution in [0.25, 0.3) is 0 Å². The maximum Gasteiger partial charge on any atom is 0.323 e. The van der Waals surface area contributed by atoms with Gasteiger partial charge in [0, 0.05) is 1.37 Å². The van der Waals surface area contributed by atoms with Gasteiger partial charge in [-0.05, 0) is 25.7 Å². The molecule has 0 aliphatic carbocycles. The average Bonchev–Trinajstić information content (AvgIpc) is 2.46. The van der Waals surface area contributed by atoms with Gasteiger partial charge in [-0.3, -0.25) is 9.59 Å². The van der Waals surface area contributed by atoms with Crippen LogP contribution in [-0.4, -0.2) is 26.2 Å². The average molecular weight is 256 g/mol. The van der Waals surface area contributed by atoms with Crippen molar-refractivity contribution in [2.75, 3.05) is 14.2 Å². The first-order valence-corrected chi connectivity index (χ1v) is 5.71. The molecular formula is C14H22O4. The van der Waals surface area contributed by atoms with Crippen LogP contribution >= 0.6 is 0 Å². The molecule has 4 nitrogen and oxygen atoms in total. The molecule has 0 aromatic heterocycles. The lowest BCUT2D eigenvalue weighted by atomic mass is 9.79. The molecule has 0 aliphatic rings. The van der Waals surface area contributed by atoms with Gasteiger partial charge in [0.25, 0.3) is 0 Å². The second-order valence-electron chi connectivity index (χ2n) is 3.86. The number of methoxy groups -OCH3 is 2. The molecule has 0 amide bonds. The smallest absolute Gasteiger partial charge is 0.323 e. The van der Waals surface area contributed by atoms with E-state index in [0.29, 0.717) is 12.8 Å². The molecule has 0 N–H and O–H groups in total. The molecule has 0 bridgehead atoms. The number of esters is 2. The monoisotopic (exact) mass is 256 g/mol. The van der Waals surface area contributed by atoms with E-state index < -0.39 is 23.8 Å². The molecule has 1 atom stereocenters. The summed E-state index contributed by atoms with van der Waals surface area (Å²) in [4.78, 5) is 24.0. The highest BCUT2D eigenvalue weighted by Gasteiger charge is 2.46. The fourth-order valence-electron chi connectivity index (χ4n) is 1.73. The van der Waals surface area contributed by atoms with E-state index in [1.807, 2.05) is 0 Å². The molecular weight excluding hydrogens is 232 g/mol. The summed E-state index contributed by atoms with van der Waals surface area (Å²) in [5.74, 6) is -1.40. The van der Waals surface area contributed by atoms with E-state index in [0.717, 1.165) is 6.55 Å². The summed E-state index contributed by atoms with van der Waals surface area (Å²) in [6.07, 6.45) is 3.56. The highest BCUT2D eigenvalue weighted by atomic mass is 16.5. The first-order valence-electron chi connectivity index (χ1n) is 6.87. The van der Waals surface area contributed by atoms with Crippen LogP contribution in [0.1, 0.15) is 34.8 Å². The van der Waals surface area contributed by atoms with E-state index >= 15 is 0 Å². The molecule has 0 aromatic rings. The Morgan fingerprint density at radius 3 is 2.39 bits per heavy atom. The van der Waals surface area contributed by atoms with Crippen LogP contribution in [0.2, 0.25) is 0 Å². The Morgan fingerprint density at radius 1 is 1.33 bits per heavy atom. The Labute approximate surface area is 111 Å². The first-order chi connectivity index (χ1) is 9.48. The van der Waals surface area contributed by atoms with Gasteiger partial charge >= 0.3 is 11.9 Å². The van der Waals surface area contributed by atoms with Crippen molar-refractivity contribution in [1.29, 1.82) is 0 Å². The minimum atomic E-state index is -1.48. The predicted octanol–water partition coefficient (Wildman–Crippen LogP) is 2.64. The normalized spacial score (nSPS) is 14.6. The van der Waals surface area contributed by atoms with Crippen molar-refractivity contribution in [1.82, 2.24) is 0 Å². The van der Waals surface area contributed by atoms with Crippen molar-refractivity contribution in [3.63, 3.8) is 0 Å². The Kier molecular flexibility index (Phi) is 6.08. The minimum Gasteiger partial charge on any atom is -0.468 e. The van der Waals surface area contributed by atoms with Gasteiger partial charge in [0.15, 0.2) is 5.41 Å². The van der Waals surface area contributed by atoms with Crippen molar-refractivity contribution >= 4 is 11.9 Å². The quantitative estimate of drug-likeness (QED) is 0.361. The number of ether oxygens (including phenoxy) is 2. The fourth-order valence-corrected chi connectivity index (χ4v) is 1.73. The molecule has 0 unspecified atom stereocenters. The number of hydrogen-bond acceptors (Lipinski definition) is 4.